The van der Waals surface area contributed by atoms with E-state index in [1.807, 2.05) is 13.8 Å². The van der Waals surface area contributed by atoms with Gasteiger partial charge in [0, 0.05) is 12.0 Å². The number of nitrogen functional groups attached to an aromatic ring is 1. The molecule has 0 amide bonds. The van der Waals surface area contributed by atoms with Crippen LogP contribution in [0.1, 0.15) is 45.7 Å². The first-order valence-corrected chi connectivity index (χ1v) is 7.87. The highest BCUT2D eigenvalue weighted by Gasteiger charge is 2.33. The van der Waals surface area contributed by atoms with E-state index < -0.39 is 40.0 Å². The number of pyridine rings is 1. The molecule has 0 aliphatic carbocycles. The topological polar surface area (TPSA) is 143 Å². The number of ether oxygens (including phenoxy) is 1. The van der Waals surface area contributed by atoms with Crippen molar-refractivity contribution in [3.8, 4) is 16.9 Å². The Morgan fingerprint density at radius 2 is 1.81 bits per heavy atom. The fraction of sp³-hybridized carbons (Fsp3) is 0.278. The van der Waals surface area contributed by atoms with Gasteiger partial charge in [-0.2, -0.15) is 0 Å². The zero-order valence-electron chi connectivity index (χ0n) is 14.5. The lowest BCUT2D eigenvalue weighted by atomic mass is 9.91. The van der Waals surface area contributed by atoms with Gasteiger partial charge in [-0.1, -0.05) is 0 Å². The molecule has 0 saturated heterocycles. The fourth-order valence-electron chi connectivity index (χ4n) is 3.38. The molecule has 0 spiro atoms. The molecule has 5 N–H and O–H groups in total. The minimum Gasteiger partial charge on any atom is -0.487 e. The van der Waals surface area contributed by atoms with Crippen molar-refractivity contribution in [1.29, 1.82) is 0 Å². The van der Waals surface area contributed by atoms with E-state index >= 15 is 0 Å². The third-order valence-electron chi connectivity index (χ3n) is 4.31. The van der Waals surface area contributed by atoms with Crippen LogP contribution in [0.4, 0.5) is 5.82 Å². The largest absolute Gasteiger partial charge is 0.487 e. The number of aromatic nitrogens is 1. The molecule has 1 aliphatic rings. The summed E-state index contributed by atoms with van der Waals surface area (Å²) in [6.45, 7) is 5.62. The van der Waals surface area contributed by atoms with Gasteiger partial charge in [-0.25, -0.2) is 9.59 Å². The summed E-state index contributed by atoms with van der Waals surface area (Å²) >= 11 is 0. The van der Waals surface area contributed by atoms with E-state index in [1.165, 1.54) is 0 Å². The van der Waals surface area contributed by atoms with Gasteiger partial charge in [0.25, 0.3) is 5.56 Å². The molecule has 136 valence electrons. The molecule has 1 aromatic heterocycles. The number of carboxylic acids is 2. The van der Waals surface area contributed by atoms with Gasteiger partial charge >= 0.3 is 11.9 Å². The molecule has 8 nitrogen and oxygen atoms in total. The van der Waals surface area contributed by atoms with Gasteiger partial charge in [-0.3, -0.25) is 4.79 Å². The van der Waals surface area contributed by atoms with Crippen LogP contribution < -0.4 is 16.0 Å². The van der Waals surface area contributed by atoms with Crippen molar-refractivity contribution >= 4 is 17.8 Å². The molecule has 26 heavy (non-hydrogen) atoms. The third kappa shape index (κ3) is 2.69. The Balaban J connectivity index is 2.39. The quantitative estimate of drug-likeness (QED) is 0.657. The number of benzene rings is 1. The molecule has 0 radical (unpaired) electrons. The Morgan fingerprint density at radius 3 is 2.38 bits per heavy atom. The Hall–Kier alpha value is -3.29. The zero-order valence-corrected chi connectivity index (χ0v) is 14.5. The van der Waals surface area contributed by atoms with Crippen molar-refractivity contribution < 1.29 is 24.5 Å². The number of carboxylic acid groups (broad SMARTS) is 2. The first-order valence-electron chi connectivity index (χ1n) is 7.87. The van der Waals surface area contributed by atoms with Gasteiger partial charge in [-0.05, 0) is 49.6 Å². The van der Waals surface area contributed by atoms with Gasteiger partial charge < -0.3 is 25.7 Å². The predicted molar refractivity (Wildman–Crippen MR) is 94.0 cm³/mol. The van der Waals surface area contributed by atoms with Gasteiger partial charge in [0.2, 0.25) is 0 Å². The standard InChI is InChI=1S/C18H18N2O6/c1-7-4-8(5-9-6-18(2,3)26-13(7)9)10-11(16(22)23)14(19)20-15(21)12(10)17(24)25/h4-5H,6H2,1-3H3,(H,22,23)(H,24,25)(H3,19,20,21). The molecule has 0 fully saturated rings. The predicted octanol–water partition coefficient (Wildman–Crippen LogP) is 2.04. The molecule has 3 rings (SSSR count). The van der Waals surface area contributed by atoms with Crippen LogP contribution in [0.3, 0.4) is 0 Å². The summed E-state index contributed by atoms with van der Waals surface area (Å²) in [5, 5.41) is 19.0. The maximum atomic E-state index is 12.1. The average Bonchev–Trinajstić information content (AvgIpc) is 2.80. The van der Waals surface area contributed by atoms with Gasteiger partial charge in [0.1, 0.15) is 28.3 Å². The van der Waals surface area contributed by atoms with Crippen LogP contribution in [-0.4, -0.2) is 32.7 Å². The van der Waals surface area contributed by atoms with Crippen LogP contribution in [-0.2, 0) is 6.42 Å². The minimum atomic E-state index is -1.53. The summed E-state index contributed by atoms with van der Waals surface area (Å²) in [5.74, 6) is -2.66. The minimum absolute atomic E-state index is 0.207. The molecule has 0 saturated carbocycles. The number of nitrogens with one attached hydrogen (secondary N) is 1. The van der Waals surface area contributed by atoms with Gasteiger partial charge in [-0.15, -0.1) is 0 Å². The molecule has 2 aromatic rings. The Bertz CT molecular complexity index is 1020. The smallest absolute Gasteiger partial charge is 0.342 e. The molecule has 0 atom stereocenters. The Kier molecular flexibility index (Phi) is 3.79. The summed E-state index contributed by atoms with van der Waals surface area (Å²) < 4.78 is 5.89. The van der Waals surface area contributed by atoms with Crippen molar-refractivity contribution in [2.45, 2.75) is 32.8 Å². The van der Waals surface area contributed by atoms with Gasteiger partial charge in [0.15, 0.2) is 0 Å². The number of rotatable bonds is 3. The highest BCUT2D eigenvalue weighted by atomic mass is 16.5. The number of aryl methyl sites for hydroxylation is 1. The van der Waals surface area contributed by atoms with E-state index in [0.29, 0.717) is 17.7 Å². The van der Waals surface area contributed by atoms with Crippen LogP contribution in [0.2, 0.25) is 0 Å². The normalized spacial score (nSPS) is 14.6. The molecule has 0 bridgehead atoms. The summed E-state index contributed by atoms with van der Waals surface area (Å²) in [5.41, 5.74) is 4.81. The highest BCUT2D eigenvalue weighted by molar-refractivity contribution is 6.07. The van der Waals surface area contributed by atoms with Gasteiger partial charge in [0.05, 0.1) is 0 Å². The molecular formula is C18H18N2O6. The maximum absolute atomic E-state index is 12.1. The summed E-state index contributed by atoms with van der Waals surface area (Å²) in [6, 6.07) is 3.26. The van der Waals surface area contributed by atoms with Crippen molar-refractivity contribution in [2.24, 2.45) is 0 Å². The van der Waals surface area contributed by atoms with Crippen LogP contribution in [0, 0.1) is 6.92 Å². The number of carbonyl (C=O) groups is 2. The number of nitrogens with two attached hydrogens (primary N) is 1. The summed E-state index contributed by atoms with van der Waals surface area (Å²) in [4.78, 5) is 37.6. The number of hydrogen-bond acceptors (Lipinski definition) is 5. The zero-order chi connectivity index (χ0) is 19.4. The van der Waals surface area contributed by atoms with Crippen molar-refractivity contribution in [3.05, 3.63) is 44.7 Å². The first-order chi connectivity index (χ1) is 12.0. The fourth-order valence-corrected chi connectivity index (χ4v) is 3.38. The van der Waals surface area contributed by atoms with Crippen molar-refractivity contribution in [3.63, 3.8) is 0 Å². The second-order valence-electron chi connectivity index (χ2n) is 6.92. The van der Waals surface area contributed by atoms with Crippen LogP contribution in [0.25, 0.3) is 11.1 Å². The molecule has 2 heterocycles. The Labute approximate surface area is 148 Å². The van der Waals surface area contributed by atoms with E-state index in [0.717, 1.165) is 11.1 Å². The molecule has 1 aliphatic heterocycles. The summed E-state index contributed by atoms with van der Waals surface area (Å²) in [6.07, 6.45) is 0.570. The average molecular weight is 358 g/mol. The summed E-state index contributed by atoms with van der Waals surface area (Å²) in [7, 11) is 0. The molecular weight excluding hydrogens is 340 g/mol. The number of H-pyrrole nitrogens is 1. The lowest BCUT2D eigenvalue weighted by Crippen LogP contribution is -2.24. The number of anilines is 1. The van der Waals surface area contributed by atoms with Crippen molar-refractivity contribution in [1.82, 2.24) is 4.98 Å². The monoisotopic (exact) mass is 358 g/mol. The molecule has 8 heteroatoms. The molecule has 0 unspecified atom stereocenters. The number of fused-ring (bicyclic) bond motifs is 1. The van der Waals surface area contributed by atoms with E-state index in [9.17, 15) is 24.6 Å². The first kappa shape index (κ1) is 17.5. The van der Waals surface area contributed by atoms with E-state index in [2.05, 4.69) is 4.98 Å². The lowest BCUT2D eigenvalue weighted by Gasteiger charge is -2.17. The van der Waals surface area contributed by atoms with E-state index in [4.69, 9.17) is 10.5 Å². The highest BCUT2D eigenvalue weighted by Crippen LogP contribution is 2.41. The van der Waals surface area contributed by atoms with Crippen LogP contribution >= 0.6 is 0 Å². The number of hydrogen-bond donors (Lipinski definition) is 4. The second kappa shape index (κ2) is 5.62. The van der Waals surface area contributed by atoms with E-state index in [1.54, 1.807) is 19.1 Å². The van der Waals surface area contributed by atoms with E-state index in [-0.39, 0.29) is 5.56 Å². The molecule has 1 aromatic carbocycles. The SMILES string of the molecule is Cc1cc(-c2c(C(=O)O)c(N)[nH]c(=O)c2C(=O)O)cc2c1OC(C)(C)C2. The van der Waals surface area contributed by atoms with Crippen molar-refractivity contribution in [2.75, 3.05) is 5.73 Å². The van der Waals surface area contributed by atoms with Crippen LogP contribution in [0.5, 0.6) is 5.75 Å². The van der Waals surface area contributed by atoms with Crippen LogP contribution in [0.15, 0.2) is 16.9 Å². The number of aromatic amines is 1. The third-order valence-corrected chi connectivity index (χ3v) is 4.31. The number of aromatic carboxylic acids is 2. The lowest BCUT2D eigenvalue weighted by molar-refractivity contribution is 0.0695. The Morgan fingerprint density at radius 1 is 1.19 bits per heavy atom. The maximum Gasteiger partial charge on any atom is 0.342 e. The second-order valence-corrected chi connectivity index (χ2v) is 6.92.